The van der Waals surface area contributed by atoms with Gasteiger partial charge in [-0.15, -0.1) is 0 Å². The number of methoxy groups -OCH3 is 1. The van der Waals surface area contributed by atoms with Crippen LogP contribution in [-0.4, -0.2) is 25.4 Å². The molecule has 3 heteroatoms. The highest BCUT2D eigenvalue weighted by atomic mass is 16.5. The number of rotatable bonds is 5. The zero-order valence-corrected chi connectivity index (χ0v) is 16.6. The van der Waals surface area contributed by atoms with Gasteiger partial charge >= 0.3 is 0 Å². The van der Waals surface area contributed by atoms with Crippen molar-refractivity contribution in [2.45, 2.75) is 52.0 Å². The third kappa shape index (κ3) is 3.62. The molecule has 1 atom stereocenters. The molecule has 0 fully saturated rings. The standard InChI is InChI=1S/C23H30N2O/c1-6-13-25-21-12-11-18(14-19(21)17(2)15-23(25,3)4)16-24-20-9-7-8-10-22(20)26-5/h7-12,14,16-17H,6,13,15H2,1-5H3. The SMILES string of the molecule is CCCN1c2ccc(C=Nc3ccccc3OC)cc2C(C)CC1(C)C. The number of para-hydroxylation sites is 2. The number of benzene rings is 2. The van der Waals surface area contributed by atoms with Crippen molar-refractivity contribution >= 4 is 17.6 Å². The Morgan fingerprint density at radius 2 is 2.00 bits per heavy atom. The van der Waals surface area contributed by atoms with Crippen LogP contribution >= 0.6 is 0 Å². The lowest BCUT2D eigenvalue weighted by Crippen LogP contribution is -2.48. The van der Waals surface area contributed by atoms with E-state index in [1.807, 2.05) is 30.5 Å². The third-order valence-electron chi connectivity index (χ3n) is 5.29. The highest BCUT2D eigenvalue weighted by molar-refractivity contribution is 5.84. The molecule has 0 amide bonds. The van der Waals surface area contributed by atoms with Crippen molar-refractivity contribution in [2.75, 3.05) is 18.6 Å². The van der Waals surface area contributed by atoms with Crippen LogP contribution in [0, 0.1) is 0 Å². The second kappa shape index (κ2) is 7.53. The van der Waals surface area contributed by atoms with E-state index in [0.717, 1.165) is 30.0 Å². The molecular formula is C23H30N2O. The summed E-state index contributed by atoms with van der Waals surface area (Å²) in [7, 11) is 1.68. The van der Waals surface area contributed by atoms with Crippen LogP contribution in [0.2, 0.25) is 0 Å². The lowest BCUT2D eigenvalue weighted by molar-refractivity contribution is 0.376. The van der Waals surface area contributed by atoms with Crippen LogP contribution in [0.25, 0.3) is 0 Å². The van der Waals surface area contributed by atoms with Crippen molar-refractivity contribution in [3.63, 3.8) is 0 Å². The number of fused-ring (bicyclic) bond motifs is 1. The normalized spacial score (nSPS) is 18.8. The Labute approximate surface area is 157 Å². The first-order valence-electron chi connectivity index (χ1n) is 9.55. The van der Waals surface area contributed by atoms with E-state index < -0.39 is 0 Å². The van der Waals surface area contributed by atoms with E-state index in [1.54, 1.807) is 7.11 Å². The molecule has 0 radical (unpaired) electrons. The molecule has 1 heterocycles. The zero-order chi connectivity index (χ0) is 18.7. The molecule has 138 valence electrons. The van der Waals surface area contributed by atoms with Gasteiger partial charge in [-0.1, -0.05) is 32.0 Å². The molecule has 0 saturated carbocycles. The molecule has 2 aromatic rings. The van der Waals surface area contributed by atoms with Crippen LogP contribution < -0.4 is 9.64 Å². The predicted molar refractivity (Wildman–Crippen MR) is 111 cm³/mol. The predicted octanol–water partition coefficient (Wildman–Crippen LogP) is 5.95. The maximum absolute atomic E-state index is 5.38. The summed E-state index contributed by atoms with van der Waals surface area (Å²) in [6.45, 7) is 10.4. The summed E-state index contributed by atoms with van der Waals surface area (Å²) in [5, 5.41) is 0. The quantitative estimate of drug-likeness (QED) is 0.623. The van der Waals surface area contributed by atoms with Crippen LogP contribution in [0.5, 0.6) is 5.75 Å². The lowest BCUT2D eigenvalue weighted by atomic mass is 9.79. The van der Waals surface area contributed by atoms with Gasteiger partial charge in [-0.05, 0) is 68.0 Å². The number of anilines is 1. The molecule has 0 bridgehead atoms. The first-order valence-corrected chi connectivity index (χ1v) is 9.55. The number of aliphatic imine (C=N–C) groups is 1. The van der Waals surface area contributed by atoms with Crippen molar-refractivity contribution < 1.29 is 4.74 Å². The van der Waals surface area contributed by atoms with Gasteiger partial charge in [0.1, 0.15) is 11.4 Å². The summed E-state index contributed by atoms with van der Waals surface area (Å²) in [6.07, 6.45) is 4.27. The van der Waals surface area contributed by atoms with Crippen molar-refractivity contribution in [3.8, 4) is 5.75 Å². The van der Waals surface area contributed by atoms with Gasteiger partial charge in [0.15, 0.2) is 0 Å². The monoisotopic (exact) mass is 350 g/mol. The highest BCUT2D eigenvalue weighted by Crippen LogP contribution is 2.43. The minimum Gasteiger partial charge on any atom is -0.494 e. The van der Waals surface area contributed by atoms with E-state index in [0.29, 0.717) is 5.92 Å². The van der Waals surface area contributed by atoms with Crippen LogP contribution in [0.15, 0.2) is 47.5 Å². The van der Waals surface area contributed by atoms with E-state index in [1.165, 1.54) is 17.7 Å². The molecule has 1 unspecified atom stereocenters. The molecule has 26 heavy (non-hydrogen) atoms. The van der Waals surface area contributed by atoms with Crippen molar-refractivity contribution in [3.05, 3.63) is 53.6 Å². The Morgan fingerprint density at radius 1 is 1.23 bits per heavy atom. The number of nitrogens with zero attached hydrogens (tertiary/aromatic N) is 2. The molecule has 0 spiro atoms. The molecule has 2 aromatic carbocycles. The maximum atomic E-state index is 5.38. The molecular weight excluding hydrogens is 320 g/mol. The van der Waals surface area contributed by atoms with Gasteiger partial charge in [-0.3, -0.25) is 4.99 Å². The lowest BCUT2D eigenvalue weighted by Gasteiger charge is -2.47. The fraction of sp³-hybridized carbons (Fsp3) is 0.435. The second-order valence-corrected chi connectivity index (χ2v) is 7.82. The summed E-state index contributed by atoms with van der Waals surface area (Å²) in [4.78, 5) is 7.21. The van der Waals surface area contributed by atoms with Gasteiger partial charge < -0.3 is 9.64 Å². The van der Waals surface area contributed by atoms with E-state index in [2.05, 4.69) is 55.8 Å². The van der Waals surface area contributed by atoms with Crippen molar-refractivity contribution in [1.82, 2.24) is 0 Å². The largest absolute Gasteiger partial charge is 0.494 e. The number of hydrogen-bond acceptors (Lipinski definition) is 3. The summed E-state index contributed by atoms with van der Waals surface area (Å²) in [5.41, 5.74) is 5.01. The summed E-state index contributed by atoms with van der Waals surface area (Å²) >= 11 is 0. The highest BCUT2D eigenvalue weighted by Gasteiger charge is 2.35. The van der Waals surface area contributed by atoms with Crippen LogP contribution in [-0.2, 0) is 0 Å². The Bertz CT molecular complexity index is 795. The van der Waals surface area contributed by atoms with Crippen LogP contribution in [0.3, 0.4) is 0 Å². The second-order valence-electron chi connectivity index (χ2n) is 7.82. The molecule has 1 aliphatic rings. The smallest absolute Gasteiger partial charge is 0.144 e. The summed E-state index contributed by atoms with van der Waals surface area (Å²) in [5.74, 6) is 1.35. The fourth-order valence-corrected chi connectivity index (χ4v) is 4.12. The Hall–Kier alpha value is -2.29. The zero-order valence-electron chi connectivity index (χ0n) is 16.6. The van der Waals surface area contributed by atoms with E-state index in [9.17, 15) is 0 Å². The molecule has 0 N–H and O–H groups in total. The average Bonchev–Trinajstić information content (AvgIpc) is 2.63. The maximum Gasteiger partial charge on any atom is 0.144 e. The first-order chi connectivity index (χ1) is 12.5. The van der Waals surface area contributed by atoms with Crippen molar-refractivity contribution in [2.24, 2.45) is 4.99 Å². The van der Waals surface area contributed by atoms with Crippen LogP contribution in [0.4, 0.5) is 11.4 Å². The summed E-state index contributed by atoms with van der Waals surface area (Å²) < 4.78 is 5.38. The van der Waals surface area contributed by atoms with Gasteiger partial charge in [-0.25, -0.2) is 0 Å². The third-order valence-corrected chi connectivity index (χ3v) is 5.29. The van der Waals surface area contributed by atoms with E-state index in [-0.39, 0.29) is 5.54 Å². The molecule has 0 saturated heterocycles. The minimum atomic E-state index is 0.204. The number of ether oxygens (including phenoxy) is 1. The minimum absolute atomic E-state index is 0.204. The molecule has 0 aromatic heterocycles. The van der Waals surface area contributed by atoms with Gasteiger partial charge in [-0.2, -0.15) is 0 Å². The molecule has 3 nitrogen and oxygen atoms in total. The average molecular weight is 351 g/mol. The molecule has 1 aliphatic heterocycles. The van der Waals surface area contributed by atoms with Gasteiger partial charge in [0.05, 0.1) is 7.11 Å². The topological polar surface area (TPSA) is 24.8 Å². The fourth-order valence-electron chi connectivity index (χ4n) is 4.12. The van der Waals surface area contributed by atoms with E-state index >= 15 is 0 Å². The van der Waals surface area contributed by atoms with Crippen LogP contribution in [0.1, 0.15) is 57.6 Å². The Balaban J connectivity index is 1.93. The Morgan fingerprint density at radius 3 is 2.73 bits per heavy atom. The van der Waals surface area contributed by atoms with E-state index in [4.69, 9.17) is 4.74 Å². The molecule has 0 aliphatic carbocycles. The Kier molecular flexibility index (Phi) is 5.36. The van der Waals surface area contributed by atoms with Gasteiger partial charge in [0.25, 0.3) is 0 Å². The first kappa shape index (κ1) is 18.5. The molecule has 3 rings (SSSR count). The number of hydrogen-bond donors (Lipinski definition) is 0. The van der Waals surface area contributed by atoms with Crippen molar-refractivity contribution in [1.29, 1.82) is 0 Å². The van der Waals surface area contributed by atoms with Gasteiger partial charge in [0, 0.05) is 24.0 Å². The van der Waals surface area contributed by atoms with Gasteiger partial charge in [0.2, 0.25) is 0 Å². The summed E-state index contributed by atoms with van der Waals surface area (Å²) in [6, 6.07) is 14.6.